The van der Waals surface area contributed by atoms with E-state index < -0.39 is 23.4 Å². The van der Waals surface area contributed by atoms with E-state index in [1.807, 2.05) is 0 Å². The number of nitrogens with one attached hydrogen (secondary N) is 1. The lowest BCUT2D eigenvalue weighted by Crippen LogP contribution is -2.20. The van der Waals surface area contributed by atoms with Gasteiger partial charge in [-0.25, -0.2) is 10.2 Å². The highest BCUT2D eigenvalue weighted by molar-refractivity contribution is 9.10. The number of carboxylic acids is 1. The van der Waals surface area contributed by atoms with Gasteiger partial charge in [0.05, 0.1) is 27.1 Å². The van der Waals surface area contributed by atoms with Crippen LogP contribution in [0.15, 0.2) is 46.0 Å². The third-order valence-electron chi connectivity index (χ3n) is 3.30. The molecule has 1 amide bonds. The first-order valence-electron chi connectivity index (χ1n) is 7.65. The number of nitro benzene ring substituents is 1. The van der Waals surface area contributed by atoms with Gasteiger partial charge in [0.15, 0.2) is 12.4 Å². The molecule has 146 valence electrons. The fraction of sp³-hybridized carbons (Fsp3) is 0.118. The molecule has 9 nitrogen and oxygen atoms in total. The SMILES string of the molecule is O=C(O)COc1c(Cl)cc(C=NNC(=O)Cc2ccccc2[N+](=O)[O-])cc1Br. The number of halogens is 2. The second-order valence-electron chi connectivity index (χ2n) is 5.35. The van der Waals surface area contributed by atoms with E-state index in [9.17, 15) is 19.7 Å². The maximum atomic E-state index is 12.0. The number of nitro groups is 1. The number of hydrazone groups is 1. The Labute approximate surface area is 172 Å². The molecule has 28 heavy (non-hydrogen) atoms. The van der Waals surface area contributed by atoms with Gasteiger partial charge >= 0.3 is 5.97 Å². The van der Waals surface area contributed by atoms with E-state index in [2.05, 4.69) is 26.5 Å². The molecule has 2 aromatic rings. The Balaban J connectivity index is 2.02. The summed E-state index contributed by atoms with van der Waals surface area (Å²) < 4.78 is 5.49. The van der Waals surface area contributed by atoms with Crippen molar-refractivity contribution >= 4 is 51.3 Å². The van der Waals surface area contributed by atoms with Crippen LogP contribution in [-0.4, -0.2) is 34.7 Å². The van der Waals surface area contributed by atoms with E-state index in [0.29, 0.717) is 10.0 Å². The topological polar surface area (TPSA) is 131 Å². The fourth-order valence-corrected chi connectivity index (χ4v) is 3.14. The highest BCUT2D eigenvalue weighted by Gasteiger charge is 2.15. The molecule has 0 heterocycles. The highest BCUT2D eigenvalue weighted by atomic mass is 79.9. The maximum Gasteiger partial charge on any atom is 0.341 e. The van der Waals surface area contributed by atoms with Crippen molar-refractivity contribution in [3.8, 4) is 5.75 Å². The highest BCUT2D eigenvalue weighted by Crippen LogP contribution is 2.34. The van der Waals surface area contributed by atoms with Crippen molar-refractivity contribution < 1.29 is 24.4 Å². The van der Waals surface area contributed by atoms with E-state index in [1.165, 1.54) is 30.5 Å². The summed E-state index contributed by atoms with van der Waals surface area (Å²) >= 11 is 9.27. The van der Waals surface area contributed by atoms with Gasteiger partial charge in [0.2, 0.25) is 5.91 Å². The average molecular weight is 471 g/mol. The molecule has 0 aliphatic carbocycles. The first kappa shape index (κ1) is 21.3. The number of rotatable bonds is 8. The number of carbonyl (C=O) groups is 2. The number of amides is 1. The van der Waals surface area contributed by atoms with Gasteiger partial charge in [-0.3, -0.25) is 14.9 Å². The van der Waals surface area contributed by atoms with E-state index in [1.54, 1.807) is 12.1 Å². The summed E-state index contributed by atoms with van der Waals surface area (Å²) in [5.74, 6) is -1.51. The predicted octanol–water partition coefficient (Wildman–Crippen LogP) is 3.17. The molecule has 0 spiro atoms. The number of hydrogen-bond acceptors (Lipinski definition) is 6. The lowest BCUT2D eigenvalue weighted by molar-refractivity contribution is -0.385. The van der Waals surface area contributed by atoms with Crippen LogP contribution in [0, 0.1) is 10.1 Å². The predicted molar refractivity (Wildman–Crippen MR) is 105 cm³/mol. The van der Waals surface area contributed by atoms with Crippen molar-refractivity contribution in [1.82, 2.24) is 5.43 Å². The molecular weight excluding hydrogens is 458 g/mol. The summed E-state index contributed by atoms with van der Waals surface area (Å²) in [4.78, 5) is 32.9. The zero-order valence-corrected chi connectivity index (χ0v) is 16.4. The minimum absolute atomic E-state index is 0.144. The first-order valence-corrected chi connectivity index (χ1v) is 8.83. The Morgan fingerprint density at radius 3 is 2.71 bits per heavy atom. The summed E-state index contributed by atoms with van der Waals surface area (Å²) in [5.41, 5.74) is 2.91. The Morgan fingerprint density at radius 2 is 2.07 bits per heavy atom. The van der Waals surface area contributed by atoms with Crippen molar-refractivity contribution in [3.63, 3.8) is 0 Å². The molecule has 2 rings (SSSR count). The zero-order valence-electron chi connectivity index (χ0n) is 14.1. The normalized spacial score (nSPS) is 10.6. The van der Waals surface area contributed by atoms with Crippen LogP contribution in [0.2, 0.25) is 5.02 Å². The van der Waals surface area contributed by atoms with E-state index in [-0.39, 0.29) is 28.4 Å². The Hall–Kier alpha value is -2.98. The van der Waals surface area contributed by atoms with Crippen LogP contribution in [-0.2, 0) is 16.0 Å². The van der Waals surface area contributed by atoms with Crippen LogP contribution in [0.5, 0.6) is 5.75 Å². The number of carbonyl (C=O) groups excluding carboxylic acids is 1. The minimum Gasteiger partial charge on any atom is -0.479 e. The minimum atomic E-state index is -1.14. The smallest absolute Gasteiger partial charge is 0.341 e. The van der Waals surface area contributed by atoms with Crippen molar-refractivity contribution in [2.24, 2.45) is 5.10 Å². The summed E-state index contributed by atoms with van der Waals surface area (Å²) in [6, 6.07) is 8.98. The monoisotopic (exact) mass is 469 g/mol. The van der Waals surface area contributed by atoms with Gasteiger partial charge in [0.25, 0.3) is 5.69 Å². The van der Waals surface area contributed by atoms with Crippen LogP contribution >= 0.6 is 27.5 Å². The standard InChI is InChI=1S/C17H13BrClN3O6/c18-12-5-10(6-13(19)17(12)28-9-16(24)25)8-20-21-15(23)7-11-3-1-2-4-14(11)22(26)27/h1-6,8H,7,9H2,(H,21,23)(H,24,25). The number of hydrogen-bond donors (Lipinski definition) is 2. The number of ether oxygens (including phenoxy) is 1. The second-order valence-corrected chi connectivity index (χ2v) is 6.61. The summed E-state index contributed by atoms with van der Waals surface area (Å²) in [5, 5.41) is 23.6. The quantitative estimate of drug-likeness (QED) is 0.346. The number of carboxylic acid groups (broad SMARTS) is 1. The van der Waals surface area contributed by atoms with Crippen LogP contribution in [0.3, 0.4) is 0 Å². The molecule has 0 aromatic heterocycles. The van der Waals surface area contributed by atoms with Crippen LogP contribution in [0.1, 0.15) is 11.1 Å². The van der Waals surface area contributed by atoms with Crippen LogP contribution in [0.4, 0.5) is 5.69 Å². The van der Waals surface area contributed by atoms with Crippen molar-refractivity contribution in [2.75, 3.05) is 6.61 Å². The summed E-state index contributed by atoms with van der Waals surface area (Å²) in [6.07, 6.45) is 1.11. The lowest BCUT2D eigenvalue weighted by Gasteiger charge is -2.09. The lowest BCUT2D eigenvalue weighted by atomic mass is 10.1. The molecule has 0 fully saturated rings. The molecular formula is C17H13BrClN3O6. The van der Waals surface area contributed by atoms with Gasteiger partial charge in [-0.05, 0) is 33.6 Å². The van der Waals surface area contributed by atoms with Crippen LogP contribution < -0.4 is 10.2 Å². The number of nitrogens with zero attached hydrogens (tertiary/aromatic N) is 2. The summed E-state index contributed by atoms with van der Waals surface area (Å²) in [7, 11) is 0. The number of aliphatic carboxylic acids is 1. The molecule has 11 heteroatoms. The molecule has 0 aliphatic rings. The molecule has 0 bridgehead atoms. The molecule has 0 unspecified atom stereocenters. The van der Waals surface area contributed by atoms with E-state index in [0.717, 1.165) is 0 Å². The second kappa shape index (κ2) is 9.81. The van der Waals surface area contributed by atoms with Crippen LogP contribution in [0.25, 0.3) is 0 Å². The Morgan fingerprint density at radius 1 is 1.36 bits per heavy atom. The molecule has 2 aromatic carbocycles. The molecule has 0 saturated carbocycles. The van der Waals surface area contributed by atoms with E-state index >= 15 is 0 Å². The largest absolute Gasteiger partial charge is 0.479 e. The van der Waals surface area contributed by atoms with Gasteiger partial charge < -0.3 is 9.84 Å². The van der Waals surface area contributed by atoms with Gasteiger partial charge in [0.1, 0.15) is 0 Å². The van der Waals surface area contributed by atoms with Gasteiger partial charge in [-0.1, -0.05) is 29.8 Å². The summed E-state index contributed by atoms with van der Waals surface area (Å²) in [6.45, 7) is -0.548. The first-order chi connectivity index (χ1) is 13.3. The molecule has 0 saturated heterocycles. The van der Waals surface area contributed by atoms with E-state index in [4.69, 9.17) is 21.4 Å². The van der Waals surface area contributed by atoms with Crippen molar-refractivity contribution in [1.29, 1.82) is 0 Å². The number of benzene rings is 2. The average Bonchev–Trinajstić information content (AvgIpc) is 2.61. The molecule has 0 aliphatic heterocycles. The van der Waals surface area contributed by atoms with Crippen molar-refractivity contribution in [2.45, 2.75) is 6.42 Å². The third kappa shape index (κ3) is 6.03. The zero-order chi connectivity index (χ0) is 20.7. The molecule has 0 radical (unpaired) electrons. The fourth-order valence-electron chi connectivity index (χ4n) is 2.16. The number of para-hydroxylation sites is 1. The third-order valence-corrected chi connectivity index (χ3v) is 4.17. The van der Waals surface area contributed by atoms with Gasteiger partial charge in [-0.15, -0.1) is 0 Å². The maximum absolute atomic E-state index is 12.0. The van der Waals surface area contributed by atoms with Gasteiger partial charge in [0, 0.05) is 11.6 Å². The molecule has 2 N–H and O–H groups in total. The molecule has 0 atom stereocenters. The Kier molecular flexibility index (Phi) is 7.47. The Bertz CT molecular complexity index is 927. The van der Waals surface area contributed by atoms with Crippen molar-refractivity contribution in [3.05, 3.63) is 67.1 Å². The van der Waals surface area contributed by atoms with Gasteiger partial charge in [-0.2, -0.15) is 5.10 Å².